The van der Waals surface area contributed by atoms with E-state index in [-0.39, 0.29) is 18.2 Å². The molecule has 1 amide bonds. The Bertz CT molecular complexity index is 728. The van der Waals surface area contributed by atoms with Crippen molar-refractivity contribution in [2.75, 3.05) is 31.8 Å². The quantitative estimate of drug-likeness (QED) is 0.832. The molecule has 1 saturated heterocycles. The van der Waals surface area contributed by atoms with Crippen LogP contribution in [0.5, 0.6) is 0 Å². The first kappa shape index (κ1) is 17.5. The van der Waals surface area contributed by atoms with Gasteiger partial charge in [-0.15, -0.1) is 0 Å². The molecule has 1 aliphatic rings. The van der Waals surface area contributed by atoms with Gasteiger partial charge in [0.25, 0.3) is 0 Å². The van der Waals surface area contributed by atoms with Gasteiger partial charge in [-0.1, -0.05) is 12.1 Å². The Morgan fingerprint density at radius 1 is 1.32 bits per heavy atom. The number of hydrogen-bond acceptors (Lipinski definition) is 5. The molecule has 2 unspecified atom stereocenters. The lowest BCUT2D eigenvalue weighted by atomic mass is 10.1. The minimum atomic E-state index is -0.291. The van der Waals surface area contributed by atoms with Crippen LogP contribution < -0.4 is 10.2 Å². The Hall–Kier alpha value is -2.31. The average molecular weight is 344 g/mol. The second-order valence-corrected chi connectivity index (χ2v) is 6.21. The number of cyclic esters (lactones) is 1. The molecule has 6 nitrogen and oxygen atoms in total. The summed E-state index contributed by atoms with van der Waals surface area (Å²) in [7, 11) is 1.68. The van der Waals surface area contributed by atoms with Crippen molar-refractivity contribution in [2.24, 2.45) is 0 Å². The molecule has 2 aromatic rings. The highest BCUT2D eigenvalue weighted by Crippen LogP contribution is 2.26. The molecule has 0 saturated carbocycles. The lowest BCUT2D eigenvalue weighted by Crippen LogP contribution is -2.28. The summed E-state index contributed by atoms with van der Waals surface area (Å²) in [6.07, 6.45) is -0.291. The monoisotopic (exact) mass is 344 g/mol. The number of furan rings is 1. The second kappa shape index (κ2) is 7.72. The summed E-state index contributed by atoms with van der Waals surface area (Å²) in [5, 5.41) is 3.54. The third-order valence-electron chi connectivity index (χ3n) is 4.33. The SMILES string of the molecule is COCC(NC(C)c1cccc(N2CCOC2=O)c1)c1ccc(C)o1. The van der Waals surface area contributed by atoms with E-state index in [4.69, 9.17) is 13.9 Å². The van der Waals surface area contributed by atoms with Crippen LogP contribution >= 0.6 is 0 Å². The summed E-state index contributed by atoms with van der Waals surface area (Å²) >= 11 is 0. The maximum Gasteiger partial charge on any atom is 0.414 e. The number of ether oxygens (including phenoxy) is 2. The number of nitrogens with zero attached hydrogens (tertiary/aromatic N) is 1. The van der Waals surface area contributed by atoms with Gasteiger partial charge in [0.1, 0.15) is 18.1 Å². The third-order valence-corrected chi connectivity index (χ3v) is 4.33. The van der Waals surface area contributed by atoms with Crippen LogP contribution in [0.3, 0.4) is 0 Å². The molecule has 2 atom stereocenters. The van der Waals surface area contributed by atoms with Crippen LogP contribution in [0.2, 0.25) is 0 Å². The zero-order chi connectivity index (χ0) is 17.8. The minimum Gasteiger partial charge on any atom is -0.465 e. The molecule has 1 aromatic carbocycles. The molecule has 25 heavy (non-hydrogen) atoms. The maximum atomic E-state index is 11.8. The number of aryl methyl sites for hydroxylation is 1. The van der Waals surface area contributed by atoms with Gasteiger partial charge in [-0.05, 0) is 43.7 Å². The average Bonchev–Trinajstić information content (AvgIpc) is 3.23. The van der Waals surface area contributed by atoms with E-state index < -0.39 is 0 Å². The van der Waals surface area contributed by atoms with E-state index >= 15 is 0 Å². The number of nitrogens with one attached hydrogen (secondary N) is 1. The van der Waals surface area contributed by atoms with E-state index in [1.54, 1.807) is 12.0 Å². The van der Waals surface area contributed by atoms with Crippen LogP contribution in [-0.2, 0) is 9.47 Å². The van der Waals surface area contributed by atoms with Gasteiger partial charge < -0.3 is 13.9 Å². The lowest BCUT2D eigenvalue weighted by molar-refractivity contribution is 0.151. The van der Waals surface area contributed by atoms with Crippen molar-refractivity contribution in [1.29, 1.82) is 0 Å². The Morgan fingerprint density at radius 3 is 2.80 bits per heavy atom. The molecule has 0 spiro atoms. The van der Waals surface area contributed by atoms with E-state index in [1.165, 1.54) is 0 Å². The van der Waals surface area contributed by atoms with E-state index in [9.17, 15) is 4.79 Å². The lowest BCUT2D eigenvalue weighted by Gasteiger charge is -2.23. The van der Waals surface area contributed by atoms with Gasteiger partial charge in [0.15, 0.2) is 0 Å². The van der Waals surface area contributed by atoms with Crippen LogP contribution in [0.25, 0.3) is 0 Å². The largest absolute Gasteiger partial charge is 0.465 e. The molecule has 1 aliphatic heterocycles. The second-order valence-electron chi connectivity index (χ2n) is 6.21. The number of rotatable bonds is 7. The molecule has 2 heterocycles. The number of benzene rings is 1. The molecular formula is C19H24N2O4. The van der Waals surface area contributed by atoms with Crippen molar-refractivity contribution in [2.45, 2.75) is 25.9 Å². The summed E-state index contributed by atoms with van der Waals surface area (Å²) in [5.74, 6) is 1.73. The van der Waals surface area contributed by atoms with Crippen molar-refractivity contribution >= 4 is 11.8 Å². The minimum absolute atomic E-state index is 0.0471. The van der Waals surface area contributed by atoms with E-state index in [0.29, 0.717) is 19.8 Å². The number of carbonyl (C=O) groups is 1. The molecule has 1 N–H and O–H groups in total. The van der Waals surface area contributed by atoms with Gasteiger partial charge in [0, 0.05) is 18.8 Å². The topological polar surface area (TPSA) is 63.9 Å². The molecular weight excluding hydrogens is 320 g/mol. The summed E-state index contributed by atoms with van der Waals surface area (Å²) in [6, 6.07) is 11.9. The van der Waals surface area contributed by atoms with Gasteiger partial charge in [0.2, 0.25) is 0 Å². The molecule has 0 radical (unpaired) electrons. The highest BCUT2D eigenvalue weighted by atomic mass is 16.6. The van der Waals surface area contributed by atoms with Crippen molar-refractivity contribution in [3.8, 4) is 0 Å². The van der Waals surface area contributed by atoms with E-state index in [1.807, 2.05) is 43.3 Å². The Labute approximate surface area is 147 Å². The van der Waals surface area contributed by atoms with E-state index in [2.05, 4.69) is 12.2 Å². The predicted molar refractivity (Wildman–Crippen MR) is 94.7 cm³/mol. The van der Waals surface area contributed by atoms with Gasteiger partial charge in [-0.2, -0.15) is 0 Å². The maximum absolute atomic E-state index is 11.8. The van der Waals surface area contributed by atoms with Crippen LogP contribution in [0.15, 0.2) is 40.8 Å². The van der Waals surface area contributed by atoms with Gasteiger partial charge in [-0.25, -0.2) is 4.79 Å². The molecule has 6 heteroatoms. The van der Waals surface area contributed by atoms with Crippen LogP contribution in [0.4, 0.5) is 10.5 Å². The summed E-state index contributed by atoms with van der Waals surface area (Å²) in [4.78, 5) is 13.4. The first-order valence-electron chi connectivity index (χ1n) is 8.44. The molecule has 134 valence electrons. The number of methoxy groups -OCH3 is 1. The smallest absolute Gasteiger partial charge is 0.414 e. The number of amides is 1. The van der Waals surface area contributed by atoms with Crippen molar-refractivity contribution in [1.82, 2.24) is 5.32 Å². The summed E-state index contributed by atoms with van der Waals surface area (Å²) in [6.45, 7) is 5.54. The summed E-state index contributed by atoms with van der Waals surface area (Å²) in [5.41, 5.74) is 1.94. The Balaban J connectivity index is 1.75. The fourth-order valence-corrected chi connectivity index (χ4v) is 3.01. The Kier molecular flexibility index (Phi) is 5.40. The van der Waals surface area contributed by atoms with Crippen LogP contribution in [-0.4, -0.2) is 33.0 Å². The predicted octanol–water partition coefficient (Wildman–Crippen LogP) is 3.58. The zero-order valence-electron chi connectivity index (χ0n) is 14.8. The first-order chi connectivity index (χ1) is 12.1. The fraction of sp³-hybridized carbons (Fsp3) is 0.421. The molecule has 0 aliphatic carbocycles. The van der Waals surface area contributed by atoms with Crippen LogP contribution in [0, 0.1) is 6.92 Å². The van der Waals surface area contributed by atoms with Crippen molar-refractivity contribution in [3.63, 3.8) is 0 Å². The zero-order valence-corrected chi connectivity index (χ0v) is 14.8. The van der Waals surface area contributed by atoms with Crippen molar-refractivity contribution in [3.05, 3.63) is 53.5 Å². The van der Waals surface area contributed by atoms with Crippen molar-refractivity contribution < 1.29 is 18.7 Å². The van der Waals surface area contributed by atoms with Gasteiger partial charge in [-0.3, -0.25) is 10.2 Å². The normalized spacial score (nSPS) is 16.8. The van der Waals surface area contributed by atoms with Gasteiger partial charge in [0.05, 0.1) is 19.2 Å². The molecule has 1 aromatic heterocycles. The van der Waals surface area contributed by atoms with Gasteiger partial charge >= 0.3 is 6.09 Å². The third kappa shape index (κ3) is 4.03. The Morgan fingerprint density at radius 2 is 2.16 bits per heavy atom. The standard InChI is InChI=1S/C19H24N2O4/c1-13-7-8-18(25-13)17(12-23-3)20-14(2)15-5-4-6-16(11-15)21-9-10-24-19(21)22/h4-8,11,14,17,20H,9-10,12H2,1-3H3. The molecule has 0 bridgehead atoms. The number of hydrogen-bond donors (Lipinski definition) is 1. The number of carbonyl (C=O) groups excluding carboxylic acids is 1. The number of anilines is 1. The fourth-order valence-electron chi connectivity index (χ4n) is 3.01. The summed E-state index contributed by atoms with van der Waals surface area (Å²) < 4.78 is 16.1. The molecule has 3 rings (SSSR count). The highest BCUT2D eigenvalue weighted by Gasteiger charge is 2.24. The van der Waals surface area contributed by atoms with E-state index in [0.717, 1.165) is 22.8 Å². The highest BCUT2D eigenvalue weighted by molar-refractivity contribution is 5.89. The molecule has 1 fully saturated rings. The first-order valence-corrected chi connectivity index (χ1v) is 8.44. The van der Waals surface area contributed by atoms with Crippen LogP contribution in [0.1, 0.15) is 36.1 Å².